The maximum Gasteiger partial charge on any atom is 0.157 e. The molecule has 3 nitrogen and oxygen atoms in total. The fraction of sp³-hybridized carbons (Fsp3) is 0.857. The Kier molecular flexibility index (Phi) is 2.98. The van der Waals surface area contributed by atoms with Crippen LogP contribution in [0.5, 0.6) is 0 Å². The second-order valence-electron chi connectivity index (χ2n) is 2.72. The van der Waals surface area contributed by atoms with Gasteiger partial charge < -0.3 is 14.9 Å². The van der Waals surface area contributed by atoms with Crippen LogP contribution >= 0.6 is 0 Å². The molecule has 0 amide bonds. The van der Waals surface area contributed by atoms with Crippen molar-refractivity contribution in [1.82, 2.24) is 0 Å². The van der Waals surface area contributed by atoms with E-state index in [1.807, 2.05) is 0 Å². The van der Waals surface area contributed by atoms with Crippen LogP contribution in [-0.4, -0.2) is 47.5 Å². The first-order valence-corrected chi connectivity index (χ1v) is 3.55. The third kappa shape index (κ3) is 1.57. The molecule has 0 aliphatic carbocycles. The molecule has 1 aliphatic rings. The largest absolute Gasteiger partial charge is 0.388 e. The third-order valence-corrected chi connectivity index (χ3v) is 1.84. The van der Waals surface area contributed by atoms with Crippen LogP contribution in [0.2, 0.25) is 0 Å². The molecule has 0 bridgehead atoms. The summed E-state index contributed by atoms with van der Waals surface area (Å²) in [5.74, 6) is 0. The van der Waals surface area contributed by atoms with Crippen molar-refractivity contribution in [1.29, 1.82) is 0 Å². The Morgan fingerprint density at radius 3 is 2.33 bits per heavy atom. The second-order valence-corrected chi connectivity index (χ2v) is 2.72. The van der Waals surface area contributed by atoms with Crippen LogP contribution in [0.3, 0.4) is 0 Å². The average molecular weight is 180 g/mol. The Morgan fingerprint density at radius 2 is 2.00 bits per heavy atom. The fourth-order valence-electron chi connectivity index (χ4n) is 1.12. The van der Waals surface area contributed by atoms with Crippen molar-refractivity contribution in [2.45, 2.75) is 30.6 Å². The molecule has 2 radical (unpaired) electrons. The predicted octanol–water partition coefficient (Wildman–Crippen LogP) is -0.506. The molecule has 1 aliphatic heterocycles. The van der Waals surface area contributed by atoms with E-state index < -0.39 is 37.3 Å². The summed E-state index contributed by atoms with van der Waals surface area (Å²) in [6.07, 6.45) is -7.25. The lowest BCUT2D eigenvalue weighted by atomic mass is 10.1. The molecular weight excluding hydrogens is 170 g/mol. The van der Waals surface area contributed by atoms with E-state index in [0.717, 1.165) is 0 Å². The summed E-state index contributed by atoms with van der Waals surface area (Å²) >= 11 is 0. The summed E-state index contributed by atoms with van der Waals surface area (Å²) in [5.41, 5.74) is 0. The molecule has 1 heterocycles. The topological polar surface area (TPSA) is 49.7 Å². The average Bonchev–Trinajstić information content (AvgIpc) is 2.32. The van der Waals surface area contributed by atoms with Gasteiger partial charge in [-0.2, -0.15) is 0 Å². The number of rotatable bonds is 2. The number of aliphatic hydroxyl groups excluding tert-OH is 2. The molecule has 0 aromatic carbocycles. The minimum absolute atomic E-state index is 1.14. The molecule has 5 heteroatoms. The van der Waals surface area contributed by atoms with E-state index >= 15 is 0 Å². The summed E-state index contributed by atoms with van der Waals surface area (Å²) in [4.78, 5) is 0. The molecule has 0 aromatic rings. The highest BCUT2D eigenvalue weighted by atomic mass is 19.2. The monoisotopic (exact) mass is 180 g/mol. The van der Waals surface area contributed by atoms with Gasteiger partial charge in [-0.05, 0) is 6.92 Å². The van der Waals surface area contributed by atoms with E-state index in [1.165, 1.54) is 0 Å². The van der Waals surface area contributed by atoms with Crippen LogP contribution in [0.25, 0.3) is 0 Å². The van der Waals surface area contributed by atoms with Gasteiger partial charge >= 0.3 is 0 Å². The van der Waals surface area contributed by atoms with E-state index in [9.17, 15) is 8.78 Å². The van der Waals surface area contributed by atoms with Crippen LogP contribution in [0.1, 0.15) is 0 Å². The van der Waals surface area contributed by atoms with Crippen LogP contribution in [0.4, 0.5) is 8.78 Å². The van der Waals surface area contributed by atoms with Crippen molar-refractivity contribution < 1.29 is 23.7 Å². The summed E-state index contributed by atoms with van der Waals surface area (Å²) in [5, 5.41) is 18.1. The molecule has 0 saturated carbocycles. The van der Waals surface area contributed by atoms with Crippen molar-refractivity contribution in [3.8, 4) is 0 Å². The van der Waals surface area contributed by atoms with E-state index in [1.54, 1.807) is 0 Å². The van der Waals surface area contributed by atoms with Crippen molar-refractivity contribution in [2.24, 2.45) is 0 Å². The molecular formula is C7H10F2O3. The number of halogens is 2. The minimum atomic E-state index is -1.94. The standard InChI is InChI=1S/C7H10F2O3/c1-3-5(10)6(11)7(12-3)4(9)2-8/h1,3-7,10-11H,2H2/t3-,4-,5?,6+,7-/m0/s1. The zero-order valence-corrected chi connectivity index (χ0v) is 6.23. The molecule has 1 unspecified atom stereocenters. The van der Waals surface area contributed by atoms with Gasteiger partial charge in [-0.15, -0.1) is 0 Å². The van der Waals surface area contributed by atoms with Gasteiger partial charge in [-0.1, -0.05) is 0 Å². The summed E-state index contributed by atoms with van der Waals surface area (Å²) in [6.45, 7) is 3.87. The van der Waals surface area contributed by atoms with Crippen LogP contribution < -0.4 is 0 Å². The third-order valence-electron chi connectivity index (χ3n) is 1.84. The highest BCUT2D eigenvalue weighted by Gasteiger charge is 2.44. The lowest BCUT2D eigenvalue weighted by Gasteiger charge is -2.16. The van der Waals surface area contributed by atoms with Crippen molar-refractivity contribution in [3.05, 3.63) is 6.92 Å². The van der Waals surface area contributed by atoms with Crippen molar-refractivity contribution >= 4 is 0 Å². The van der Waals surface area contributed by atoms with E-state index in [2.05, 4.69) is 4.74 Å². The maximum atomic E-state index is 12.6. The lowest BCUT2D eigenvalue weighted by molar-refractivity contribution is -0.0340. The first kappa shape index (κ1) is 9.83. The number of ether oxygens (including phenoxy) is 1. The molecule has 0 aromatic heterocycles. The summed E-state index contributed by atoms with van der Waals surface area (Å²) in [6, 6.07) is 0. The normalized spacial score (nSPS) is 44.8. The molecule has 2 N–H and O–H groups in total. The lowest BCUT2D eigenvalue weighted by Crippen LogP contribution is -2.37. The van der Waals surface area contributed by atoms with Gasteiger partial charge in [-0.3, -0.25) is 0 Å². The Balaban J connectivity index is 2.58. The SMILES string of the molecule is [CH][C@@H]1O[C@@H]([C@@H](F)CF)[C@H](O)C1O. The van der Waals surface area contributed by atoms with Gasteiger partial charge in [0.25, 0.3) is 0 Å². The quantitative estimate of drug-likeness (QED) is 0.602. The van der Waals surface area contributed by atoms with E-state index in [-0.39, 0.29) is 0 Å². The van der Waals surface area contributed by atoms with Gasteiger partial charge in [0.2, 0.25) is 0 Å². The Morgan fingerprint density at radius 1 is 1.42 bits per heavy atom. The van der Waals surface area contributed by atoms with Crippen LogP contribution in [-0.2, 0) is 4.74 Å². The Labute approximate surface area is 69.0 Å². The fourth-order valence-corrected chi connectivity index (χ4v) is 1.12. The molecule has 1 saturated heterocycles. The van der Waals surface area contributed by atoms with E-state index in [4.69, 9.17) is 17.1 Å². The smallest absolute Gasteiger partial charge is 0.157 e. The first-order valence-electron chi connectivity index (χ1n) is 3.55. The van der Waals surface area contributed by atoms with Gasteiger partial charge in [0.1, 0.15) is 25.0 Å². The number of hydrogen-bond acceptors (Lipinski definition) is 3. The zero-order valence-electron chi connectivity index (χ0n) is 6.23. The Bertz CT molecular complexity index is 156. The second kappa shape index (κ2) is 3.64. The molecule has 0 spiro atoms. The minimum Gasteiger partial charge on any atom is -0.388 e. The number of aliphatic hydroxyl groups is 2. The van der Waals surface area contributed by atoms with Gasteiger partial charge in [-0.25, -0.2) is 8.78 Å². The van der Waals surface area contributed by atoms with E-state index in [0.29, 0.717) is 0 Å². The zero-order chi connectivity index (χ0) is 9.30. The first-order chi connectivity index (χ1) is 5.57. The number of hydrogen-bond donors (Lipinski definition) is 2. The molecule has 12 heavy (non-hydrogen) atoms. The molecule has 1 fully saturated rings. The van der Waals surface area contributed by atoms with Crippen LogP contribution in [0, 0.1) is 6.92 Å². The Hall–Kier alpha value is -0.260. The maximum absolute atomic E-state index is 12.6. The highest BCUT2D eigenvalue weighted by molar-refractivity contribution is 4.94. The molecule has 5 atom stereocenters. The highest BCUT2D eigenvalue weighted by Crippen LogP contribution is 2.24. The van der Waals surface area contributed by atoms with Gasteiger partial charge in [0.15, 0.2) is 6.17 Å². The van der Waals surface area contributed by atoms with Gasteiger partial charge in [0.05, 0.1) is 6.10 Å². The molecule has 1 rings (SSSR count). The predicted molar refractivity (Wildman–Crippen MR) is 35.8 cm³/mol. The van der Waals surface area contributed by atoms with Crippen LogP contribution in [0.15, 0.2) is 0 Å². The summed E-state index contributed by atoms with van der Waals surface area (Å²) in [7, 11) is 0. The van der Waals surface area contributed by atoms with Gasteiger partial charge in [0, 0.05) is 0 Å². The van der Waals surface area contributed by atoms with Crippen molar-refractivity contribution in [2.75, 3.05) is 6.67 Å². The molecule has 70 valence electrons. The van der Waals surface area contributed by atoms with Crippen molar-refractivity contribution in [3.63, 3.8) is 0 Å². The number of alkyl halides is 2. The summed E-state index contributed by atoms with van der Waals surface area (Å²) < 4.78 is 29.0.